The van der Waals surface area contributed by atoms with Gasteiger partial charge in [0.15, 0.2) is 0 Å². The van der Waals surface area contributed by atoms with Crippen LogP contribution in [0.5, 0.6) is 0 Å². The van der Waals surface area contributed by atoms with Gasteiger partial charge in [0.1, 0.15) is 5.82 Å². The van der Waals surface area contributed by atoms with E-state index in [9.17, 15) is 22.4 Å². The smallest absolute Gasteiger partial charge is 0.329 e. The van der Waals surface area contributed by atoms with Gasteiger partial charge in [-0.05, 0) is 18.2 Å². The maximum atomic E-state index is 13.0. The van der Waals surface area contributed by atoms with Crippen LogP contribution in [0.1, 0.15) is 5.56 Å². The van der Waals surface area contributed by atoms with Gasteiger partial charge >= 0.3 is 12.2 Å². The molecule has 4 nitrogen and oxygen atoms in total. The summed E-state index contributed by atoms with van der Waals surface area (Å²) in [5.74, 6) is 3.93. The molecule has 0 saturated heterocycles. The first-order chi connectivity index (χ1) is 8.14. The molecule has 0 heterocycles. The van der Waals surface area contributed by atoms with Crippen molar-refractivity contribution in [3.05, 3.63) is 29.6 Å². The summed E-state index contributed by atoms with van der Waals surface area (Å²) >= 11 is 0. The first-order valence-electron chi connectivity index (χ1n) is 4.77. The molecule has 0 radical (unpaired) electrons. The van der Waals surface area contributed by atoms with Crippen LogP contribution in [0.15, 0.2) is 18.2 Å². The van der Waals surface area contributed by atoms with E-state index < -0.39 is 23.6 Å². The zero-order valence-electron chi connectivity index (χ0n) is 10.0. The molecule has 0 unspecified atom stereocenters. The highest BCUT2D eigenvalue weighted by molar-refractivity contribution is 5.90. The zero-order chi connectivity index (χ0) is 14.1. The number of nitrogens with zero attached hydrogens (tertiary/aromatic N) is 2. The first-order valence-corrected chi connectivity index (χ1v) is 4.77. The lowest BCUT2D eigenvalue weighted by atomic mass is 10.2. The van der Waals surface area contributed by atoms with Gasteiger partial charge in [0.2, 0.25) is 0 Å². The largest absolute Gasteiger partial charge is 0.419 e. The Balaban J connectivity index is 0.00000324. The lowest BCUT2D eigenvalue weighted by Crippen LogP contribution is -2.44. The summed E-state index contributed by atoms with van der Waals surface area (Å²) in [6, 6.07) is 1.36. The Morgan fingerprint density at radius 3 is 2.21 bits per heavy atom. The van der Waals surface area contributed by atoms with Gasteiger partial charge in [0.25, 0.3) is 0 Å². The second kappa shape index (κ2) is 6.07. The van der Waals surface area contributed by atoms with Crippen molar-refractivity contribution in [2.75, 3.05) is 19.1 Å². The number of anilines is 1. The molecule has 0 saturated carbocycles. The lowest BCUT2D eigenvalue weighted by Gasteiger charge is -2.22. The molecular weight excluding hydrogens is 290 g/mol. The topological polar surface area (TPSA) is 49.6 Å². The molecule has 108 valence electrons. The van der Waals surface area contributed by atoms with Crippen LogP contribution in [-0.4, -0.2) is 25.0 Å². The van der Waals surface area contributed by atoms with E-state index in [0.717, 1.165) is 11.0 Å². The van der Waals surface area contributed by atoms with Gasteiger partial charge in [-0.1, -0.05) is 0 Å². The van der Waals surface area contributed by atoms with Crippen LogP contribution in [0.3, 0.4) is 0 Å². The van der Waals surface area contributed by atoms with Gasteiger partial charge in [0.05, 0.1) is 11.3 Å². The Kier molecular flexibility index (Phi) is 5.58. The molecule has 0 aliphatic carbocycles. The number of alkyl halides is 3. The number of amides is 2. The van der Waals surface area contributed by atoms with Gasteiger partial charge in [0, 0.05) is 14.1 Å². The van der Waals surface area contributed by atoms with Gasteiger partial charge in [-0.15, -0.1) is 12.4 Å². The average Bonchev–Trinajstić information content (AvgIpc) is 2.26. The Hall–Kier alpha value is -1.54. The monoisotopic (exact) mass is 301 g/mol. The maximum Gasteiger partial charge on any atom is 0.419 e. The Morgan fingerprint density at radius 1 is 1.26 bits per heavy atom. The third kappa shape index (κ3) is 3.97. The van der Waals surface area contributed by atoms with Crippen LogP contribution in [0.25, 0.3) is 0 Å². The first kappa shape index (κ1) is 17.5. The number of hydrazine groups is 1. The number of hydrogen-bond donors (Lipinski definition) is 1. The molecule has 0 aliphatic rings. The molecule has 1 rings (SSSR count). The third-order valence-corrected chi connectivity index (χ3v) is 2.12. The van der Waals surface area contributed by atoms with Crippen LogP contribution in [0.2, 0.25) is 0 Å². The molecule has 0 aliphatic heterocycles. The van der Waals surface area contributed by atoms with Crippen molar-refractivity contribution in [1.29, 1.82) is 0 Å². The quantitative estimate of drug-likeness (QED) is 0.375. The van der Waals surface area contributed by atoms with Crippen molar-refractivity contribution < 1.29 is 22.4 Å². The molecule has 1 aromatic rings. The fraction of sp³-hybridized carbons (Fsp3) is 0.300. The summed E-state index contributed by atoms with van der Waals surface area (Å²) in [5.41, 5.74) is -1.72. The number of urea groups is 1. The van der Waals surface area contributed by atoms with E-state index in [-0.39, 0.29) is 18.1 Å². The molecule has 0 fully saturated rings. The Bertz CT molecular complexity index is 465. The standard InChI is InChI=1S/C10H11F4N3O.ClH/c1-16(2)9(18)17(15)6-3-4-8(11)7(5-6)10(12,13)14;/h3-5H,15H2,1-2H3;1H. The number of carbonyl (C=O) groups is 1. The van der Waals surface area contributed by atoms with Gasteiger partial charge in [-0.2, -0.15) is 13.2 Å². The molecule has 0 atom stereocenters. The van der Waals surface area contributed by atoms with Crippen molar-refractivity contribution in [2.45, 2.75) is 6.18 Å². The van der Waals surface area contributed by atoms with Crippen LogP contribution in [0, 0.1) is 5.82 Å². The van der Waals surface area contributed by atoms with E-state index >= 15 is 0 Å². The minimum absolute atomic E-state index is 0. The Labute approximate surface area is 113 Å². The highest BCUT2D eigenvalue weighted by Crippen LogP contribution is 2.33. The second-order valence-electron chi connectivity index (χ2n) is 3.71. The lowest BCUT2D eigenvalue weighted by molar-refractivity contribution is -0.139. The predicted molar refractivity (Wildman–Crippen MR) is 64.4 cm³/mol. The molecule has 9 heteroatoms. The SMILES string of the molecule is CN(C)C(=O)N(N)c1ccc(F)c(C(F)(F)F)c1.Cl. The van der Waals surface area contributed by atoms with Crippen LogP contribution in [0.4, 0.5) is 28.0 Å². The van der Waals surface area contributed by atoms with Gasteiger partial charge < -0.3 is 4.90 Å². The number of halogens is 5. The van der Waals surface area contributed by atoms with Crippen LogP contribution < -0.4 is 10.9 Å². The van der Waals surface area contributed by atoms with Crippen LogP contribution >= 0.6 is 12.4 Å². The molecule has 2 amide bonds. The second-order valence-corrected chi connectivity index (χ2v) is 3.71. The molecule has 1 aromatic carbocycles. The van der Waals surface area contributed by atoms with Crippen molar-refractivity contribution >= 4 is 24.1 Å². The van der Waals surface area contributed by atoms with Gasteiger partial charge in [-0.3, -0.25) is 0 Å². The van der Waals surface area contributed by atoms with E-state index in [2.05, 4.69) is 0 Å². The van der Waals surface area contributed by atoms with Crippen molar-refractivity contribution in [2.24, 2.45) is 5.84 Å². The normalized spacial score (nSPS) is 10.7. The van der Waals surface area contributed by atoms with E-state index in [4.69, 9.17) is 5.84 Å². The zero-order valence-corrected chi connectivity index (χ0v) is 10.8. The molecule has 0 bridgehead atoms. The highest BCUT2D eigenvalue weighted by Gasteiger charge is 2.34. The minimum Gasteiger partial charge on any atom is -0.329 e. The summed E-state index contributed by atoms with van der Waals surface area (Å²) in [6.45, 7) is 0. The fourth-order valence-electron chi connectivity index (χ4n) is 1.21. The maximum absolute atomic E-state index is 13.0. The van der Waals surface area contributed by atoms with Crippen LogP contribution in [-0.2, 0) is 6.18 Å². The van der Waals surface area contributed by atoms with E-state index in [1.54, 1.807) is 0 Å². The Morgan fingerprint density at radius 2 is 1.79 bits per heavy atom. The molecule has 2 N–H and O–H groups in total. The third-order valence-electron chi connectivity index (χ3n) is 2.12. The number of nitrogens with two attached hydrogens (primary N) is 1. The van der Waals surface area contributed by atoms with Crippen molar-refractivity contribution in [3.63, 3.8) is 0 Å². The van der Waals surface area contributed by atoms with Gasteiger partial charge in [-0.25, -0.2) is 20.0 Å². The number of carbonyl (C=O) groups excluding carboxylic acids is 1. The van der Waals surface area contributed by atoms with Crippen molar-refractivity contribution in [1.82, 2.24) is 4.90 Å². The van der Waals surface area contributed by atoms with E-state index in [0.29, 0.717) is 17.1 Å². The molecule has 19 heavy (non-hydrogen) atoms. The highest BCUT2D eigenvalue weighted by atomic mass is 35.5. The minimum atomic E-state index is -4.85. The predicted octanol–water partition coefficient (Wildman–Crippen LogP) is 2.63. The summed E-state index contributed by atoms with van der Waals surface area (Å²) in [6.07, 6.45) is -4.85. The number of benzene rings is 1. The molecular formula is C10H12ClF4N3O. The summed E-state index contributed by atoms with van der Waals surface area (Å²) in [5, 5.41) is 0.509. The number of hydrogen-bond acceptors (Lipinski definition) is 2. The summed E-state index contributed by atoms with van der Waals surface area (Å²) < 4.78 is 50.4. The number of rotatable bonds is 1. The average molecular weight is 302 g/mol. The summed E-state index contributed by atoms with van der Waals surface area (Å²) in [7, 11) is 2.77. The molecule has 0 spiro atoms. The van der Waals surface area contributed by atoms with Crippen molar-refractivity contribution in [3.8, 4) is 0 Å². The van der Waals surface area contributed by atoms with E-state index in [1.807, 2.05) is 0 Å². The molecule has 0 aromatic heterocycles. The fourth-order valence-corrected chi connectivity index (χ4v) is 1.21. The summed E-state index contributed by atoms with van der Waals surface area (Å²) in [4.78, 5) is 12.5. The van der Waals surface area contributed by atoms with E-state index in [1.165, 1.54) is 14.1 Å².